The Balaban J connectivity index is 1.31. The Labute approximate surface area is 247 Å². The Morgan fingerprint density at radius 1 is 1.18 bits per heavy atom. The molecule has 3 aromatic heterocycles. The van der Waals surface area contributed by atoms with E-state index in [4.69, 9.17) is 9.47 Å². The number of halogens is 5. The molecule has 1 aromatic carbocycles. The van der Waals surface area contributed by atoms with Gasteiger partial charge in [-0.05, 0) is 43.0 Å². The van der Waals surface area contributed by atoms with Gasteiger partial charge in [-0.1, -0.05) is 6.92 Å². The van der Waals surface area contributed by atoms with E-state index < -0.39 is 36.5 Å². The van der Waals surface area contributed by atoms with Crippen molar-refractivity contribution in [2.24, 2.45) is 0 Å². The molecule has 1 fully saturated rings. The Kier molecular flexibility index (Phi) is 9.08. The molecule has 0 aliphatic carbocycles. The van der Waals surface area contributed by atoms with Crippen LogP contribution in [0.3, 0.4) is 0 Å². The largest absolute Gasteiger partial charge is 0.436 e. The quantitative estimate of drug-likeness (QED) is 0.190. The summed E-state index contributed by atoms with van der Waals surface area (Å²) in [6.45, 7) is 1.86. The van der Waals surface area contributed by atoms with Crippen LogP contribution in [0.15, 0.2) is 43.0 Å². The van der Waals surface area contributed by atoms with Crippen molar-refractivity contribution in [2.75, 3.05) is 19.7 Å². The van der Waals surface area contributed by atoms with Gasteiger partial charge in [-0.15, -0.1) is 0 Å². The number of nitrogens with one attached hydrogen (secondary N) is 2. The smallest absolute Gasteiger partial charge is 0.435 e. The fourth-order valence-corrected chi connectivity index (χ4v) is 4.83. The summed E-state index contributed by atoms with van der Waals surface area (Å²) in [6.07, 6.45) is -1.56. The number of nitrogens with zero attached hydrogens (tertiary/aromatic N) is 5. The van der Waals surface area contributed by atoms with Crippen LogP contribution < -0.4 is 15.4 Å². The first-order chi connectivity index (χ1) is 21.0. The van der Waals surface area contributed by atoms with E-state index in [0.717, 1.165) is 18.8 Å². The molecule has 0 saturated carbocycles. The van der Waals surface area contributed by atoms with E-state index in [1.54, 1.807) is 18.2 Å². The lowest BCUT2D eigenvalue weighted by atomic mass is 10.0. The molecule has 1 saturated heterocycles. The molecule has 4 aromatic rings. The maximum atomic E-state index is 13.7. The van der Waals surface area contributed by atoms with Crippen molar-refractivity contribution in [2.45, 2.75) is 51.4 Å². The molecule has 2 amide bonds. The standard InChI is InChI=1S/C28H28F5N7O4/c1-2-16-12-17(5-6-18(16)25(41)34-7-8-35-26(42)21-4-3-11-43-21)44-27-24-37-13-20(40(24)10-9-36-27)19-14-39(15-22(29)30)38-23(19)28(31,32)33/h5-6,9-10,12-14,21-22H,2-4,7-8,11,15H2,1H3,(H,34,41)(H,35,42)/t21-/m0/s1. The van der Waals surface area contributed by atoms with E-state index in [2.05, 4.69) is 25.7 Å². The highest BCUT2D eigenvalue weighted by atomic mass is 19.4. The fraction of sp³-hybridized carbons (Fsp3) is 0.393. The first-order valence-electron chi connectivity index (χ1n) is 13.8. The van der Waals surface area contributed by atoms with Crippen LogP contribution in [0.4, 0.5) is 22.0 Å². The van der Waals surface area contributed by atoms with Gasteiger partial charge in [0.05, 0.1) is 17.5 Å². The van der Waals surface area contributed by atoms with Crippen molar-refractivity contribution in [3.63, 3.8) is 0 Å². The van der Waals surface area contributed by atoms with E-state index in [-0.39, 0.29) is 42.1 Å². The zero-order valence-electron chi connectivity index (χ0n) is 23.4. The van der Waals surface area contributed by atoms with Gasteiger partial charge in [-0.3, -0.25) is 18.7 Å². The number of ether oxygens (including phenoxy) is 2. The third-order valence-electron chi connectivity index (χ3n) is 6.88. The molecule has 0 bridgehead atoms. The Morgan fingerprint density at radius 2 is 1.98 bits per heavy atom. The summed E-state index contributed by atoms with van der Waals surface area (Å²) < 4.78 is 80.0. The van der Waals surface area contributed by atoms with Crippen molar-refractivity contribution in [1.29, 1.82) is 0 Å². The number of amides is 2. The van der Waals surface area contributed by atoms with E-state index in [1.807, 2.05) is 6.92 Å². The molecule has 0 spiro atoms. The molecule has 0 unspecified atom stereocenters. The summed E-state index contributed by atoms with van der Waals surface area (Å²) in [5.41, 5.74) is -0.681. The minimum absolute atomic E-state index is 0.0338. The van der Waals surface area contributed by atoms with E-state index >= 15 is 0 Å². The molecule has 234 valence electrons. The van der Waals surface area contributed by atoms with Crippen LogP contribution in [0.5, 0.6) is 11.6 Å². The summed E-state index contributed by atoms with van der Waals surface area (Å²) in [6, 6.07) is 4.75. The Morgan fingerprint density at radius 3 is 2.68 bits per heavy atom. The van der Waals surface area contributed by atoms with Crippen LogP contribution in [0.2, 0.25) is 0 Å². The minimum atomic E-state index is -4.90. The first-order valence-corrected chi connectivity index (χ1v) is 13.8. The number of imidazole rings is 1. The van der Waals surface area contributed by atoms with Crippen LogP contribution in [0.25, 0.3) is 16.9 Å². The first kappa shape index (κ1) is 30.8. The van der Waals surface area contributed by atoms with E-state index in [9.17, 15) is 31.5 Å². The summed E-state index contributed by atoms with van der Waals surface area (Å²) in [5, 5.41) is 8.84. The molecule has 11 nitrogen and oxygen atoms in total. The van der Waals surface area contributed by atoms with Crippen LogP contribution in [-0.4, -0.2) is 68.2 Å². The molecule has 1 aliphatic heterocycles. The minimum Gasteiger partial charge on any atom is -0.436 e. The number of fused-ring (bicyclic) bond motifs is 1. The van der Waals surface area contributed by atoms with Gasteiger partial charge in [0.25, 0.3) is 18.2 Å². The maximum absolute atomic E-state index is 13.7. The molecule has 44 heavy (non-hydrogen) atoms. The molecular formula is C28H28F5N7O4. The lowest BCUT2D eigenvalue weighted by molar-refractivity contribution is -0.141. The second-order valence-electron chi connectivity index (χ2n) is 9.89. The number of carbonyl (C=O) groups excluding carboxylic acids is 2. The van der Waals surface area contributed by atoms with Crippen molar-refractivity contribution in [3.05, 3.63) is 59.8 Å². The van der Waals surface area contributed by atoms with Gasteiger partial charge in [-0.2, -0.15) is 18.3 Å². The van der Waals surface area contributed by atoms with Crippen LogP contribution in [0, 0.1) is 0 Å². The predicted molar refractivity (Wildman–Crippen MR) is 145 cm³/mol. The lowest BCUT2D eigenvalue weighted by Crippen LogP contribution is -2.39. The van der Waals surface area contributed by atoms with Crippen LogP contribution in [0.1, 0.15) is 41.4 Å². The molecule has 4 heterocycles. The normalized spacial score (nSPS) is 15.2. The van der Waals surface area contributed by atoms with E-state index in [1.165, 1.54) is 16.8 Å². The second kappa shape index (κ2) is 13.0. The van der Waals surface area contributed by atoms with Gasteiger partial charge >= 0.3 is 6.18 Å². The van der Waals surface area contributed by atoms with Crippen molar-refractivity contribution < 1.29 is 41.0 Å². The molecular weight excluding hydrogens is 593 g/mol. The predicted octanol–water partition coefficient (Wildman–Crippen LogP) is 4.26. The number of benzene rings is 1. The number of rotatable bonds is 11. The molecule has 0 radical (unpaired) electrons. The zero-order valence-corrected chi connectivity index (χ0v) is 23.4. The molecule has 1 aliphatic rings. The van der Waals surface area contributed by atoms with Crippen molar-refractivity contribution in [1.82, 2.24) is 34.8 Å². The van der Waals surface area contributed by atoms with Gasteiger partial charge in [0.15, 0.2) is 5.69 Å². The topological polar surface area (TPSA) is 125 Å². The van der Waals surface area contributed by atoms with Crippen LogP contribution >= 0.6 is 0 Å². The summed E-state index contributed by atoms with van der Waals surface area (Å²) >= 11 is 0. The third kappa shape index (κ3) is 6.79. The fourth-order valence-electron chi connectivity index (χ4n) is 4.83. The lowest BCUT2D eigenvalue weighted by Gasteiger charge is -2.13. The monoisotopic (exact) mass is 621 g/mol. The van der Waals surface area contributed by atoms with Crippen LogP contribution in [-0.2, 0) is 28.7 Å². The number of aromatic nitrogens is 5. The number of aryl methyl sites for hydroxylation is 1. The summed E-state index contributed by atoms with van der Waals surface area (Å²) in [7, 11) is 0. The zero-order chi connectivity index (χ0) is 31.4. The van der Waals surface area contributed by atoms with E-state index in [0.29, 0.717) is 41.0 Å². The molecule has 1 atom stereocenters. The highest BCUT2D eigenvalue weighted by Gasteiger charge is 2.38. The second-order valence-corrected chi connectivity index (χ2v) is 9.89. The van der Waals surface area contributed by atoms with Crippen molar-refractivity contribution in [3.8, 4) is 22.9 Å². The highest BCUT2D eigenvalue weighted by Crippen LogP contribution is 2.37. The average Bonchev–Trinajstić information content (AvgIpc) is 3.75. The number of hydrogen-bond acceptors (Lipinski definition) is 7. The number of hydrogen-bond donors (Lipinski definition) is 2. The highest BCUT2D eigenvalue weighted by molar-refractivity contribution is 5.96. The Bertz CT molecular complexity index is 1650. The molecule has 5 rings (SSSR count). The number of carbonyl (C=O) groups is 2. The van der Waals surface area contributed by atoms with Gasteiger partial charge in [-0.25, -0.2) is 18.7 Å². The summed E-state index contributed by atoms with van der Waals surface area (Å²) in [4.78, 5) is 33.2. The molecule has 2 N–H and O–H groups in total. The number of alkyl halides is 5. The van der Waals surface area contributed by atoms with Gasteiger partial charge in [0.2, 0.25) is 11.6 Å². The summed E-state index contributed by atoms with van der Waals surface area (Å²) in [5.74, 6) is -0.282. The van der Waals surface area contributed by atoms with Crippen molar-refractivity contribution >= 4 is 17.5 Å². The maximum Gasteiger partial charge on any atom is 0.435 e. The third-order valence-corrected chi connectivity index (χ3v) is 6.88. The van der Waals surface area contributed by atoms with Gasteiger partial charge < -0.3 is 20.1 Å². The Hall–Kier alpha value is -4.60. The molecule has 16 heteroatoms. The average molecular weight is 622 g/mol. The van der Waals surface area contributed by atoms with Gasteiger partial charge in [0, 0.05) is 43.9 Å². The SMILES string of the molecule is CCc1cc(Oc2nccn3c(-c4cn(CC(F)F)nc4C(F)(F)F)cnc23)ccc1C(=O)NCCNC(=O)[C@@H]1CCCO1. The van der Waals surface area contributed by atoms with Gasteiger partial charge in [0.1, 0.15) is 18.4 Å².